The van der Waals surface area contributed by atoms with Crippen molar-refractivity contribution in [3.05, 3.63) is 23.3 Å². The van der Waals surface area contributed by atoms with Crippen LogP contribution in [0.15, 0.2) is 23.3 Å². The average molecular weight is 358 g/mol. The van der Waals surface area contributed by atoms with E-state index in [1.807, 2.05) is 6.92 Å². The molecule has 2 unspecified atom stereocenters. The molecule has 0 saturated carbocycles. The largest absolute Gasteiger partial charge is 0.464 e. The van der Waals surface area contributed by atoms with Crippen molar-refractivity contribution in [3.8, 4) is 0 Å². The highest BCUT2D eigenvalue weighted by Gasteiger charge is 2.32. The number of aliphatic hydroxyl groups is 2. The Hall–Kier alpha value is -1.99. The van der Waals surface area contributed by atoms with Gasteiger partial charge in [0, 0.05) is 0 Å². The lowest BCUT2D eigenvalue weighted by Gasteiger charge is -2.14. The number of allylic oxidation sites excluding steroid dienone is 4. The molecule has 0 aromatic carbocycles. The first kappa shape index (κ1) is 25.3. The fourth-order valence-corrected chi connectivity index (χ4v) is 1.50. The molecule has 0 bridgehead atoms. The van der Waals surface area contributed by atoms with Crippen LogP contribution < -0.4 is 0 Å². The summed E-state index contributed by atoms with van der Waals surface area (Å²) < 4.78 is 8.79. The summed E-state index contributed by atoms with van der Waals surface area (Å²) in [5.74, 6) is -2.10. The van der Waals surface area contributed by atoms with Crippen molar-refractivity contribution in [1.29, 1.82) is 0 Å². The van der Waals surface area contributed by atoms with Crippen LogP contribution in [0.5, 0.6) is 0 Å². The van der Waals surface area contributed by atoms with Crippen LogP contribution >= 0.6 is 0 Å². The molecule has 7 heteroatoms. The second-order valence-corrected chi connectivity index (χ2v) is 5.36. The minimum Gasteiger partial charge on any atom is -0.464 e. The summed E-state index contributed by atoms with van der Waals surface area (Å²) in [4.78, 5) is 31.7. The molecule has 0 aromatic heterocycles. The average Bonchev–Trinajstić information content (AvgIpc) is 2.54. The van der Waals surface area contributed by atoms with E-state index in [1.54, 1.807) is 19.9 Å². The zero-order valence-electron chi connectivity index (χ0n) is 15.7. The number of aldehydes is 1. The van der Waals surface area contributed by atoms with Crippen LogP contribution in [0.3, 0.4) is 0 Å². The van der Waals surface area contributed by atoms with E-state index in [4.69, 9.17) is 10.2 Å². The maximum Gasteiger partial charge on any atom is 0.338 e. The first-order valence-electron chi connectivity index (χ1n) is 8.14. The van der Waals surface area contributed by atoms with E-state index in [0.29, 0.717) is 0 Å². The summed E-state index contributed by atoms with van der Waals surface area (Å²) in [6.07, 6.45) is 2.89. The number of hydrogen-bond acceptors (Lipinski definition) is 7. The van der Waals surface area contributed by atoms with Crippen molar-refractivity contribution < 1.29 is 34.1 Å². The molecule has 25 heavy (non-hydrogen) atoms. The van der Waals surface area contributed by atoms with Gasteiger partial charge in [-0.25, -0.2) is 9.59 Å². The van der Waals surface area contributed by atoms with Crippen molar-refractivity contribution in [1.82, 2.24) is 0 Å². The van der Waals surface area contributed by atoms with Gasteiger partial charge in [0.2, 0.25) is 0 Å². The van der Waals surface area contributed by atoms with E-state index < -0.39 is 24.1 Å². The topological polar surface area (TPSA) is 110 Å². The van der Waals surface area contributed by atoms with E-state index >= 15 is 0 Å². The first-order valence-corrected chi connectivity index (χ1v) is 8.14. The van der Waals surface area contributed by atoms with Gasteiger partial charge in [0.25, 0.3) is 0 Å². The molecule has 0 aromatic rings. The number of carbonyl (C=O) groups excluding carboxylic acids is 3. The van der Waals surface area contributed by atoms with E-state index in [2.05, 4.69) is 29.4 Å². The summed E-state index contributed by atoms with van der Waals surface area (Å²) in [5, 5.41) is 18.2. The Morgan fingerprint density at radius 2 is 1.40 bits per heavy atom. The maximum atomic E-state index is 10.9. The zero-order valence-corrected chi connectivity index (χ0v) is 15.7. The molecular formula is C18H30O7. The molecule has 0 fully saturated rings. The third kappa shape index (κ3) is 14.1. The Morgan fingerprint density at radius 1 is 0.960 bits per heavy atom. The van der Waals surface area contributed by atoms with Crippen LogP contribution in [0.4, 0.5) is 0 Å². The van der Waals surface area contributed by atoms with Gasteiger partial charge >= 0.3 is 11.9 Å². The molecule has 2 atom stereocenters. The second-order valence-electron chi connectivity index (χ2n) is 5.36. The quantitative estimate of drug-likeness (QED) is 0.279. The second kappa shape index (κ2) is 15.5. The third-order valence-corrected chi connectivity index (χ3v) is 2.80. The van der Waals surface area contributed by atoms with E-state index in [-0.39, 0.29) is 13.2 Å². The van der Waals surface area contributed by atoms with Crippen molar-refractivity contribution in [3.63, 3.8) is 0 Å². The molecule has 0 saturated heterocycles. The fraction of sp³-hybridized carbons (Fsp3) is 0.611. The van der Waals surface area contributed by atoms with Crippen LogP contribution in [0, 0.1) is 0 Å². The SMILES string of the molecule is CC(C)=CCC/C(C)=C/C=O.CCOC(=O)C(O)C(O)C(=O)OCC. The highest BCUT2D eigenvalue weighted by atomic mass is 16.6. The number of rotatable bonds is 9. The molecule has 0 rings (SSSR count). The highest BCUT2D eigenvalue weighted by molar-refractivity contribution is 5.85. The molecule has 0 spiro atoms. The molecule has 0 radical (unpaired) electrons. The van der Waals surface area contributed by atoms with Gasteiger partial charge in [-0.3, -0.25) is 4.79 Å². The normalized spacial score (nSPS) is 12.8. The van der Waals surface area contributed by atoms with E-state index in [0.717, 1.165) is 24.7 Å². The van der Waals surface area contributed by atoms with Gasteiger partial charge in [-0.1, -0.05) is 17.2 Å². The Labute approximate surface area is 149 Å². The molecule has 7 nitrogen and oxygen atoms in total. The monoisotopic (exact) mass is 358 g/mol. The molecule has 0 heterocycles. The predicted octanol–water partition coefficient (Wildman–Crippen LogP) is 1.71. The van der Waals surface area contributed by atoms with Crippen LogP contribution in [-0.2, 0) is 23.9 Å². The standard InChI is InChI=1S/C10H16O.C8H14O6/c1-9(2)5-4-6-10(3)7-8-11;1-3-13-7(11)5(9)6(10)8(12)14-4-2/h5,7-8H,4,6H2,1-3H3;5-6,9-10H,3-4H2,1-2H3/b10-7+;. The minimum absolute atomic E-state index is 0.0610. The Kier molecular flexibility index (Phi) is 15.7. The number of carbonyl (C=O) groups is 3. The van der Waals surface area contributed by atoms with Crippen molar-refractivity contribution >= 4 is 18.2 Å². The molecule has 0 amide bonds. The smallest absolute Gasteiger partial charge is 0.338 e. The van der Waals surface area contributed by atoms with Gasteiger partial charge in [0.15, 0.2) is 12.2 Å². The van der Waals surface area contributed by atoms with Gasteiger partial charge in [-0.2, -0.15) is 0 Å². The minimum atomic E-state index is -1.89. The molecule has 144 valence electrons. The molecule has 0 aliphatic heterocycles. The lowest BCUT2D eigenvalue weighted by atomic mass is 10.1. The van der Waals surface area contributed by atoms with Crippen LogP contribution in [0.1, 0.15) is 47.5 Å². The van der Waals surface area contributed by atoms with E-state index in [9.17, 15) is 14.4 Å². The lowest BCUT2D eigenvalue weighted by molar-refractivity contribution is -0.172. The van der Waals surface area contributed by atoms with Gasteiger partial charge in [-0.15, -0.1) is 0 Å². The first-order chi connectivity index (χ1) is 11.7. The summed E-state index contributed by atoms with van der Waals surface area (Å²) in [6.45, 7) is 9.35. The van der Waals surface area contributed by atoms with Crippen molar-refractivity contribution in [2.75, 3.05) is 13.2 Å². The number of ether oxygens (including phenoxy) is 2. The van der Waals surface area contributed by atoms with Crippen molar-refractivity contribution in [2.45, 2.75) is 59.7 Å². The summed E-state index contributed by atoms with van der Waals surface area (Å²) in [7, 11) is 0. The predicted molar refractivity (Wildman–Crippen MR) is 93.8 cm³/mol. The van der Waals surface area contributed by atoms with Gasteiger partial charge in [0.1, 0.15) is 6.29 Å². The molecule has 0 aliphatic carbocycles. The van der Waals surface area contributed by atoms with Crippen LogP contribution in [-0.4, -0.2) is 53.9 Å². The summed E-state index contributed by atoms with van der Waals surface area (Å²) >= 11 is 0. The summed E-state index contributed by atoms with van der Waals surface area (Å²) in [5.41, 5.74) is 2.49. The molecule has 0 aliphatic rings. The highest BCUT2D eigenvalue weighted by Crippen LogP contribution is 2.05. The van der Waals surface area contributed by atoms with Gasteiger partial charge in [0.05, 0.1) is 13.2 Å². The number of hydrogen-bond donors (Lipinski definition) is 2. The van der Waals surface area contributed by atoms with Crippen LogP contribution in [0.2, 0.25) is 0 Å². The maximum absolute atomic E-state index is 10.9. The van der Waals surface area contributed by atoms with Gasteiger partial charge in [-0.05, 0) is 53.5 Å². The number of aliphatic hydroxyl groups excluding tert-OH is 2. The van der Waals surface area contributed by atoms with Crippen molar-refractivity contribution in [2.24, 2.45) is 0 Å². The molecule has 2 N–H and O–H groups in total. The Balaban J connectivity index is 0. The van der Waals surface area contributed by atoms with Gasteiger partial charge < -0.3 is 19.7 Å². The summed E-state index contributed by atoms with van der Waals surface area (Å²) in [6, 6.07) is 0. The fourth-order valence-electron chi connectivity index (χ4n) is 1.50. The zero-order chi connectivity index (χ0) is 19.8. The molecular weight excluding hydrogens is 328 g/mol. The van der Waals surface area contributed by atoms with Crippen LogP contribution in [0.25, 0.3) is 0 Å². The lowest BCUT2D eigenvalue weighted by Crippen LogP contribution is -2.41. The van der Waals surface area contributed by atoms with E-state index in [1.165, 1.54) is 5.57 Å². The third-order valence-electron chi connectivity index (χ3n) is 2.80. The Bertz CT molecular complexity index is 440. The Morgan fingerprint density at radius 3 is 1.72 bits per heavy atom. The number of esters is 2.